The van der Waals surface area contributed by atoms with Gasteiger partial charge in [0.25, 0.3) is 5.91 Å². The molecular formula is C19H23N5O3. The maximum absolute atomic E-state index is 12.7. The van der Waals surface area contributed by atoms with Crippen molar-refractivity contribution in [3.63, 3.8) is 0 Å². The van der Waals surface area contributed by atoms with Crippen molar-refractivity contribution in [2.45, 2.75) is 13.5 Å². The number of nitrogens with one attached hydrogen (secondary N) is 1. The SMILES string of the molecule is Cc1nc(NCc2ccc3c(c2)OCO3)ncc1C(=O)N1CCN(C)CC1. The van der Waals surface area contributed by atoms with Gasteiger partial charge in [-0.1, -0.05) is 6.07 Å². The number of aromatic nitrogens is 2. The Morgan fingerprint density at radius 2 is 1.96 bits per heavy atom. The zero-order chi connectivity index (χ0) is 18.8. The summed E-state index contributed by atoms with van der Waals surface area (Å²) in [5.74, 6) is 2.01. The van der Waals surface area contributed by atoms with Gasteiger partial charge in [0.15, 0.2) is 11.5 Å². The minimum absolute atomic E-state index is 0.00270. The van der Waals surface area contributed by atoms with Crippen LogP contribution in [0.25, 0.3) is 0 Å². The van der Waals surface area contributed by atoms with Crippen molar-refractivity contribution in [3.05, 3.63) is 41.2 Å². The largest absolute Gasteiger partial charge is 0.454 e. The molecule has 1 amide bonds. The standard InChI is InChI=1S/C19H23N5O3/c1-13-15(18(25)24-7-5-23(2)6-8-24)11-21-19(22-13)20-10-14-3-4-16-17(9-14)27-12-26-16/h3-4,9,11H,5-8,10,12H2,1-2H3,(H,20,21,22). The highest BCUT2D eigenvalue weighted by Gasteiger charge is 2.22. The Kier molecular flexibility index (Phi) is 4.81. The molecule has 1 aromatic carbocycles. The average molecular weight is 369 g/mol. The number of ether oxygens (including phenoxy) is 2. The van der Waals surface area contributed by atoms with Crippen molar-refractivity contribution in [2.24, 2.45) is 0 Å². The van der Waals surface area contributed by atoms with E-state index in [0.29, 0.717) is 23.8 Å². The molecular weight excluding hydrogens is 346 g/mol. The molecule has 1 aromatic heterocycles. The molecule has 1 N–H and O–H groups in total. The number of nitrogens with zero attached hydrogens (tertiary/aromatic N) is 4. The topological polar surface area (TPSA) is 79.8 Å². The molecule has 2 aliphatic rings. The van der Waals surface area contributed by atoms with Crippen LogP contribution in [-0.2, 0) is 6.54 Å². The number of rotatable bonds is 4. The normalized spacial score (nSPS) is 16.4. The summed E-state index contributed by atoms with van der Waals surface area (Å²) in [5.41, 5.74) is 2.29. The first-order valence-electron chi connectivity index (χ1n) is 9.04. The molecule has 0 saturated carbocycles. The van der Waals surface area contributed by atoms with E-state index in [1.165, 1.54) is 0 Å². The van der Waals surface area contributed by atoms with Gasteiger partial charge in [0.05, 0.1) is 11.3 Å². The van der Waals surface area contributed by atoms with Gasteiger partial charge < -0.3 is 24.6 Å². The third-order valence-corrected chi connectivity index (χ3v) is 4.89. The minimum atomic E-state index is 0.00270. The summed E-state index contributed by atoms with van der Waals surface area (Å²) in [6.45, 7) is 5.91. The summed E-state index contributed by atoms with van der Waals surface area (Å²) in [4.78, 5) is 25.6. The zero-order valence-corrected chi connectivity index (χ0v) is 15.6. The highest BCUT2D eigenvalue weighted by molar-refractivity contribution is 5.95. The molecule has 0 aliphatic carbocycles. The fraction of sp³-hybridized carbons (Fsp3) is 0.421. The molecule has 0 atom stereocenters. The number of benzene rings is 1. The van der Waals surface area contributed by atoms with Crippen molar-refractivity contribution in [3.8, 4) is 11.5 Å². The van der Waals surface area contributed by atoms with E-state index in [2.05, 4.69) is 27.2 Å². The monoisotopic (exact) mass is 369 g/mol. The van der Waals surface area contributed by atoms with Crippen LogP contribution in [0, 0.1) is 6.92 Å². The number of piperazine rings is 1. The summed E-state index contributed by atoms with van der Waals surface area (Å²) < 4.78 is 10.7. The van der Waals surface area contributed by atoms with Crippen LogP contribution < -0.4 is 14.8 Å². The first-order valence-corrected chi connectivity index (χ1v) is 9.04. The lowest BCUT2D eigenvalue weighted by Crippen LogP contribution is -2.47. The average Bonchev–Trinajstić information content (AvgIpc) is 3.14. The third kappa shape index (κ3) is 3.80. The van der Waals surface area contributed by atoms with Crippen LogP contribution in [0.4, 0.5) is 5.95 Å². The Bertz CT molecular complexity index is 849. The van der Waals surface area contributed by atoms with Gasteiger partial charge in [-0.3, -0.25) is 4.79 Å². The Balaban J connectivity index is 1.40. The molecule has 0 spiro atoms. The molecule has 27 heavy (non-hydrogen) atoms. The van der Waals surface area contributed by atoms with E-state index in [4.69, 9.17) is 9.47 Å². The smallest absolute Gasteiger partial charge is 0.257 e. The van der Waals surface area contributed by atoms with Gasteiger partial charge in [-0.05, 0) is 31.7 Å². The molecule has 0 bridgehead atoms. The van der Waals surface area contributed by atoms with Gasteiger partial charge in [0.2, 0.25) is 12.7 Å². The maximum atomic E-state index is 12.7. The predicted molar refractivity (Wildman–Crippen MR) is 100 cm³/mol. The van der Waals surface area contributed by atoms with Crippen molar-refractivity contribution in [1.29, 1.82) is 0 Å². The first kappa shape index (κ1) is 17.5. The molecule has 1 saturated heterocycles. The Hall–Kier alpha value is -2.87. The van der Waals surface area contributed by atoms with E-state index in [1.807, 2.05) is 30.0 Å². The van der Waals surface area contributed by atoms with Crippen LogP contribution in [-0.4, -0.2) is 65.7 Å². The van der Waals surface area contributed by atoms with Gasteiger partial charge in [0, 0.05) is 38.9 Å². The number of anilines is 1. The molecule has 2 aliphatic heterocycles. The van der Waals surface area contributed by atoms with E-state index in [9.17, 15) is 4.79 Å². The van der Waals surface area contributed by atoms with Gasteiger partial charge in [-0.25, -0.2) is 9.97 Å². The van der Waals surface area contributed by atoms with Crippen LogP contribution in [0.5, 0.6) is 11.5 Å². The number of hydrogen-bond acceptors (Lipinski definition) is 7. The second-order valence-electron chi connectivity index (χ2n) is 6.83. The van der Waals surface area contributed by atoms with Crippen molar-refractivity contribution in [2.75, 3.05) is 45.3 Å². The number of hydrogen-bond donors (Lipinski definition) is 1. The fourth-order valence-corrected chi connectivity index (χ4v) is 3.17. The van der Waals surface area contributed by atoms with Gasteiger partial charge in [-0.2, -0.15) is 0 Å². The van der Waals surface area contributed by atoms with Crippen molar-refractivity contribution in [1.82, 2.24) is 19.8 Å². The van der Waals surface area contributed by atoms with E-state index in [-0.39, 0.29) is 12.7 Å². The second-order valence-corrected chi connectivity index (χ2v) is 6.83. The zero-order valence-electron chi connectivity index (χ0n) is 15.6. The van der Waals surface area contributed by atoms with Crippen LogP contribution in [0.1, 0.15) is 21.6 Å². The van der Waals surface area contributed by atoms with Crippen LogP contribution >= 0.6 is 0 Å². The van der Waals surface area contributed by atoms with E-state index >= 15 is 0 Å². The molecule has 2 aromatic rings. The number of likely N-dealkylation sites (N-methyl/N-ethyl adjacent to an activating group) is 1. The first-order chi connectivity index (χ1) is 13.1. The quantitative estimate of drug-likeness (QED) is 0.875. The lowest BCUT2D eigenvalue weighted by atomic mass is 10.2. The van der Waals surface area contributed by atoms with E-state index in [0.717, 1.165) is 43.2 Å². The van der Waals surface area contributed by atoms with Gasteiger partial charge in [-0.15, -0.1) is 0 Å². The van der Waals surface area contributed by atoms with Crippen LogP contribution in [0.3, 0.4) is 0 Å². The molecule has 8 nitrogen and oxygen atoms in total. The van der Waals surface area contributed by atoms with Gasteiger partial charge in [0.1, 0.15) is 0 Å². The molecule has 0 radical (unpaired) electrons. The number of carbonyl (C=O) groups is 1. The molecule has 0 unspecified atom stereocenters. The van der Waals surface area contributed by atoms with Crippen LogP contribution in [0.2, 0.25) is 0 Å². The number of aryl methyl sites for hydroxylation is 1. The summed E-state index contributed by atoms with van der Waals surface area (Å²) >= 11 is 0. The molecule has 1 fully saturated rings. The Morgan fingerprint density at radius 3 is 2.74 bits per heavy atom. The van der Waals surface area contributed by atoms with E-state index < -0.39 is 0 Å². The lowest BCUT2D eigenvalue weighted by Gasteiger charge is -2.32. The van der Waals surface area contributed by atoms with Crippen molar-refractivity contribution >= 4 is 11.9 Å². The fourth-order valence-electron chi connectivity index (χ4n) is 3.17. The number of amides is 1. The lowest BCUT2D eigenvalue weighted by molar-refractivity contribution is 0.0662. The molecule has 142 valence electrons. The maximum Gasteiger partial charge on any atom is 0.257 e. The highest BCUT2D eigenvalue weighted by atomic mass is 16.7. The second kappa shape index (κ2) is 7.40. The summed E-state index contributed by atoms with van der Waals surface area (Å²) in [5, 5.41) is 3.19. The predicted octanol–water partition coefficient (Wildman–Crippen LogP) is 1.51. The molecule has 3 heterocycles. The molecule has 8 heteroatoms. The summed E-state index contributed by atoms with van der Waals surface area (Å²) in [6.07, 6.45) is 1.62. The van der Waals surface area contributed by atoms with Crippen molar-refractivity contribution < 1.29 is 14.3 Å². The summed E-state index contributed by atoms with van der Waals surface area (Å²) in [7, 11) is 2.07. The Labute approximate surface area is 158 Å². The summed E-state index contributed by atoms with van der Waals surface area (Å²) in [6, 6.07) is 5.80. The third-order valence-electron chi connectivity index (χ3n) is 4.89. The van der Waals surface area contributed by atoms with Crippen LogP contribution in [0.15, 0.2) is 24.4 Å². The minimum Gasteiger partial charge on any atom is -0.454 e. The van der Waals surface area contributed by atoms with E-state index in [1.54, 1.807) is 6.20 Å². The number of fused-ring (bicyclic) bond motifs is 1. The number of carbonyl (C=O) groups excluding carboxylic acids is 1. The van der Waals surface area contributed by atoms with Gasteiger partial charge >= 0.3 is 0 Å². The Morgan fingerprint density at radius 1 is 1.19 bits per heavy atom. The molecule has 4 rings (SSSR count). The highest BCUT2D eigenvalue weighted by Crippen LogP contribution is 2.32.